The Morgan fingerprint density at radius 2 is 2.04 bits per heavy atom. The number of amides is 1. The molecule has 24 heavy (non-hydrogen) atoms. The van der Waals surface area contributed by atoms with Gasteiger partial charge in [-0.1, -0.05) is 0 Å². The molecule has 2 aromatic rings. The second kappa shape index (κ2) is 6.68. The van der Waals surface area contributed by atoms with Crippen molar-refractivity contribution in [3.05, 3.63) is 53.6 Å². The SMILES string of the molecule is Cn1cccc1C1CCCN1CC(=O)Nc1ccc(F)c(F)c1F. The standard InChI is InChI=1S/C17H18F3N3O/c1-22-8-2-4-13(22)14-5-3-9-23(14)10-15(24)21-12-7-6-11(18)16(19)17(12)20/h2,4,6-8,14H,3,5,9-10H2,1H3,(H,21,24). The van der Waals surface area contributed by atoms with Crippen LogP contribution in [-0.4, -0.2) is 28.5 Å². The fourth-order valence-electron chi connectivity index (χ4n) is 3.17. The van der Waals surface area contributed by atoms with Crippen molar-refractivity contribution >= 4 is 11.6 Å². The molecule has 1 N–H and O–H groups in total. The van der Waals surface area contributed by atoms with Gasteiger partial charge in [0.1, 0.15) is 0 Å². The molecular weight excluding hydrogens is 319 g/mol. The minimum atomic E-state index is -1.59. The highest BCUT2D eigenvalue weighted by Gasteiger charge is 2.29. The fourth-order valence-corrected chi connectivity index (χ4v) is 3.17. The molecule has 1 saturated heterocycles. The van der Waals surface area contributed by atoms with Gasteiger partial charge in [0, 0.05) is 18.9 Å². The van der Waals surface area contributed by atoms with Gasteiger partial charge in [-0.15, -0.1) is 0 Å². The van der Waals surface area contributed by atoms with E-state index in [-0.39, 0.29) is 18.3 Å². The number of carbonyl (C=O) groups excluding carboxylic acids is 1. The lowest BCUT2D eigenvalue weighted by molar-refractivity contribution is -0.117. The maximum absolute atomic E-state index is 13.6. The molecule has 1 amide bonds. The zero-order valence-electron chi connectivity index (χ0n) is 13.2. The van der Waals surface area contributed by atoms with Crippen LogP contribution in [0.4, 0.5) is 18.9 Å². The van der Waals surface area contributed by atoms with E-state index in [4.69, 9.17) is 0 Å². The summed E-state index contributed by atoms with van der Waals surface area (Å²) < 4.78 is 41.8. The summed E-state index contributed by atoms with van der Waals surface area (Å²) in [6, 6.07) is 5.88. The molecule has 1 aromatic heterocycles. The van der Waals surface area contributed by atoms with Crippen LogP contribution in [0.25, 0.3) is 0 Å². The van der Waals surface area contributed by atoms with Crippen LogP contribution in [0.2, 0.25) is 0 Å². The summed E-state index contributed by atoms with van der Waals surface area (Å²) in [6.07, 6.45) is 3.84. The molecule has 1 fully saturated rings. The van der Waals surface area contributed by atoms with E-state index in [1.807, 2.05) is 34.8 Å². The van der Waals surface area contributed by atoms with Crippen LogP contribution < -0.4 is 5.32 Å². The first-order valence-corrected chi connectivity index (χ1v) is 7.76. The van der Waals surface area contributed by atoms with E-state index in [0.29, 0.717) is 0 Å². The lowest BCUT2D eigenvalue weighted by Gasteiger charge is -2.24. The monoisotopic (exact) mass is 337 g/mol. The molecule has 1 atom stereocenters. The Labute approximate surface area is 137 Å². The molecule has 1 aliphatic rings. The van der Waals surface area contributed by atoms with Gasteiger partial charge in [-0.25, -0.2) is 13.2 Å². The van der Waals surface area contributed by atoms with E-state index < -0.39 is 23.4 Å². The van der Waals surface area contributed by atoms with Crippen LogP contribution in [0, 0.1) is 17.5 Å². The van der Waals surface area contributed by atoms with Crippen molar-refractivity contribution in [1.29, 1.82) is 0 Å². The van der Waals surface area contributed by atoms with Gasteiger partial charge in [-0.3, -0.25) is 9.69 Å². The zero-order chi connectivity index (χ0) is 17.3. The average Bonchev–Trinajstić information content (AvgIpc) is 3.16. The first-order valence-electron chi connectivity index (χ1n) is 7.76. The highest BCUT2D eigenvalue weighted by atomic mass is 19.2. The summed E-state index contributed by atoms with van der Waals surface area (Å²) >= 11 is 0. The third-order valence-electron chi connectivity index (χ3n) is 4.34. The highest BCUT2D eigenvalue weighted by molar-refractivity contribution is 5.92. The quantitative estimate of drug-likeness (QED) is 0.870. The molecule has 0 bridgehead atoms. The van der Waals surface area contributed by atoms with Crippen LogP contribution in [0.3, 0.4) is 0 Å². The number of nitrogens with one attached hydrogen (secondary N) is 1. The van der Waals surface area contributed by atoms with Gasteiger partial charge in [0.05, 0.1) is 18.3 Å². The van der Waals surface area contributed by atoms with Gasteiger partial charge in [0.15, 0.2) is 17.5 Å². The second-order valence-corrected chi connectivity index (χ2v) is 5.94. The molecule has 1 aromatic carbocycles. The van der Waals surface area contributed by atoms with Gasteiger partial charge >= 0.3 is 0 Å². The number of benzene rings is 1. The number of carbonyl (C=O) groups is 1. The Morgan fingerprint density at radius 1 is 1.25 bits per heavy atom. The van der Waals surface area contributed by atoms with E-state index >= 15 is 0 Å². The first kappa shape index (κ1) is 16.6. The van der Waals surface area contributed by atoms with Crippen molar-refractivity contribution in [3.8, 4) is 0 Å². The molecule has 3 rings (SSSR count). The summed E-state index contributed by atoms with van der Waals surface area (Å²) in [6.45, 7) is 0.817. The van der Waals surface area contributed by atoms with Crippen molar-refractivity contribution in [1.82, 2.24) is 9.47 Å². The minimum absolute atomic E-state index is 0.0638. The smallest absolute Gasteiger partial charge is 0.238 e. The molecule has 0 saturated carbocycles. The van der Waals surface area contributed by atoms with E-state index in [1.54, 1.807) is 0 Å². The van der Waals surface area contributed by atoms with Crippen LogP contribution in [-0.2, 0) is 11.8 Å². The number of rotatable bonds is 4. The van der Waals surface area contributed by atoms with Crippen molar-refractivity contribution < 1.29 is 18.0 Å². The van der Waals surface area contributed by atoms with E-state index in [1.165, 1.54) is 0 Å². The summed E-state index contributed by atoms with van der Waals surface area (Å²) in [5.74, 6) is -4.71. The number of aryl methyl sites for hydroxylation is 1. The molecule has 0 aliphatic carbocycles. The van der Waals surface area contributed by atoms with Gasteiger partial charge in [-0.05, 0) is 43.7 Å². The number of likely N-dealkylation sites (tertiary alicyclic amines) is 1. The molecule has 2 heterocycles. The third-order valence-corrected chi connectivity index (χ3v) is 4.34. The molecule has 7 heteroatoms. The van der Waals surface area contributed by atoms with Crippen molar-refractivity contribution in [2.24, 2.45) is 7.05 Å². The average molecular weight is 337 g/mol. The fraction of sp³-hybridized carbons (Fsp3) is 0.353. The molecule has 128 valence electrons. The normalized spacial score (nSPS) is 18.1. The number of anilines is 1. The molecular formula is C17H18F3N3O. The molecule has 1 aliphatic heterocycles. The van der Waals surface area contributed by atoms with Crippen LogP contribution >= 0.6 is 0 Å². The van der Waals surface area contributed by atoms with Crippen LogP contribution in [0.15, 0.2) is 30.5 Å². The maximum atomic E-state index is 13.6. The van der Waals surface area contributed by atoms with Gasteiger partial charge in [0.2, 0.25) is 5.91 Å². The number of hydrogen-bond acceptors (Lipinski definition) is 2. The Kier molecular flexibility index (Phi) is 4.62. The number of hydrogen-bond donors (Lipinski definition) is 1. The minimum Gasteiger partial charge on any atom is -0.353 e. The van der Waals surface area contributed by atoms with E-state index in [2.05, 4.69) is 5.32 Å². The Bertz CT molecular complexity index is 760. The largest absolute Gasteiger partial charge is 0.353 e. The molecule has 0 spiro atoms. The van der Waals surface area contributed by atoms with Crippen LogP contribution in [0.1, 0.15) is 24.6 Å². The second-order valence-electron chi connectivity index (χ2n) is 5.94. The predicted molar refractivity (Wildman–Crippen MR) is 83.9 cm³/mol. The predicted octanol–water partition coefficient (Wildman–Crippen LogP) is 3.22. The molecule has 4 nitrogen and oxygen atoms in total. The van der Waals surface area contributed by atoms with Gasteiger partial charge < -0.3 is 9.88 Å². The lowest BCUT2D eigenvalue weighted by Crippen LogP contribution is -2.33. The third kappa shape index (κ3) is 3.17. The van der Waals surface area contributed by atoms with Crippen LogP contribution in [0.5, 0.6) is 0 Å². The summed E-state index contributed by atoms with van der Waals surface area (Å²) in [7, 11) is 1.95. The zero-order valence-corrected chi connectivity index (χ0v) is 13.2. The lowest BCUT2D eigenvalue weighted by atomic mass is 10.1. The highest BCUT2D eigenvalue weighted by Crippen LogP contribution is 2.31. The van der Waals surface area contributed by atoms with Crippen molar-refractivity contribution in [2.45, 2.75) is 18.9 Å². The van der Waals surface area contributed by atoms with Crippen molar-refractivity contribution in [3.63, 3.8) is 0 Å². The number of aromatic nitrogens is 1. The first-order chi connectivity index (χ1) is 11.5. The number of halogens is 3. The molecule has 0 radical (unpaired) electrons. The Balaban J connectivity index is 1.69. The van der Waals surface area contributed by atoms with Crippen molar-refractivity contribution in [2.75, 3.05) is 18.4 Å². The summed E-state index contributed by atoms with van der Waals surface area (Å²) in [5, 5.41) is 2.32. The van der Waals surface area contributed by atoms with E-state index in [9.17, 15) is 18.0 Å². The van der Waals surface area contributed by atoms with E-state index in [0.717, 1.165) is 37.2 Å². The summed E-state index contributed by atoms with van der Waals surface area (Å²) in [4.78, 5) is 14.2. The molecule has 1 unspecified atom stereocenters. The summed E-state index contributed by atoms with van der Waals surface area (Å²) in [5.41, 5.74) is 0.757. The topological polar surface area (TPSA) is 37.3 Å². The van der Waals surface area contributed by atoms with Gasteiger partial charge in [0.25, 0.3) is 0 Å². The Morgan fingerprint density at radius 3 is 2.75 bits per heavy atom. The number of nitrogens with zero attached hydrogens (tertiary/aromatic N) is 2. The Hall–Kier alpha value is -2.28. The van der Waals surface area contributed by atoms with Gasteiger partial charge in [-0.2, -0.15) is 0 Å². The maximum Gasteiger partial charge on any atom is 0.238 e.